The van der Waals surface area contributed by atoms with Crippen molar-refractivity contribution in [2.45, 2.75) is 12.8 Å². The minimum atomic E-state index is -1.14. The first-order chi connectivity index (χ1) is 6.76. The van der Waals surface area contributed by atoms with Gasteiger partial charge in [0.05, 0.1) is 0 Å². The fraction of sp³-hybridized carbons (Fsp3) is 0.300. The van der Waals surface area contributed by atoms with Gasteiger partial charge >= 0.3 is 0 Å². The normalized spacial score (nSPS) is 12.1. The van der Waals surface area contributed by atoms with Crippen LogP contribution in [-0.2, 0) is 11.5 Å². The van der Waals surface area contributed by atoms with E-state index in [1.807, 2.05) is 0 Å². The van der Waals surface area contributed by atoms with E-state index in [9.17, 15) is 9.18 Å². The second-order valence-electron chi connectivity index (χ2n) is 2.80. The van der Waals surface area contributed by atoms with E-state index < -0.39 is 12.8 Å². The highest BCUT2D eigenvalue weighted by atomic mass is 19.1. The van der Waals surface area contributed by atoms with Gasteiger partial charge in [-0.05, 0) is 17.7 Å². The molecule has 1 N–H and O–H groups in total. The molecule has 0 aliphatic carbocycles. The van der Waals surface area contributed by atoms with Crippen molar-refractivity contribution >= 4 is 6.29 Å². The fourth-order valence-electron chi connectivity index (χ4n) is 0.939. The van der Waals surface area contributed by atoms with Crippen LogP contribution in [0.2, 0.25) is 0 Å². The van der Waals surface area contributed by atoms with E-state index in [2.05, 4.69) is 0 Å². The SMILES string of the molecule is O=C[C@@H](O)COc1cccc(CF)c1. The van der Waals surface area contributed by atoms with Gasteiger partial charge in [-0.3, -0.25) is 0 Å². The largest absolute Gasteiger partial charge is 0.490 e. The summed E-state index contributed by atoms with van der Waals surface area (Å²) in [6.45, 7) is -0.674. The Balaban J connectivity index is 2.54. The van der Waals surface area contributed by atoms with Crippen LogP contribution in [0.1, 0.15) is 5.56 Å². The lowest BCUT2D eigenvalue weighted by atomic mass is 10.2. The summed E-state index contributed by atoms with van der Waals surface area (Å²) in [6, 6.07) is 6.44. The van der Waals surface area contributed by atoms with Crippen LogP contribution in [0.5, 0.6) is 5.75 Å². The Bertz CT molecular complexity index is 301. The Hall–Kier alpha value is -1.42. The van der Waals surface area contributed by atoms with Crippen molar-refractivity contribution in [2.75, 3.05) is 6.61 Å². The second-order valence-corrected chi connectivity index (χ2v) is 2.80. The number of halogens is 1. The molecule has 0 heterocycles. The molecule has 1 aromatic carbocycles. The minimum Gasteiger partial charge on any atom is -0.490 e. The van der Waals surface area contributed by atoms with Crippen LogP contribution in [0.4, 0.5) is 4.39 Å². The second kappa shape index (κ2) is 5.34. The number of alkyl halides is 1. The number of benzene rings is 1. The number of carbonyl (C=O) groups excluding carboxylic acids is 1. The lowest BCUT2D eigenvalue weighted by Gasteiger charge is -2.07. The highest BCUT2D eigenvalue weighted by Crippen LogP contribution is 2.14. The number of hydrogen-bond acceptors (Lipinski definition) is 3. The molecule has 4 heteroatoms. The summed E-state index contributed by atoms with van der Waals surface area (Å²) in [5.74, 6) is 0.445. The lowest BCUT2D eigenvalue weighted by Crippen LogP contribution is -2.18. The summed E-state index contributed by atoms with van der Waals surface area (Å²) < 4.78 is 17.3. The van der Waals surface area contributed by atoms with Gasteiger partial charge in [-0.25, -0.2) is 4.39 Å². The number of aldehydes is 1. The summed E-state index contributed by atoms with van der Waals surface area (Å²) in [7, 11) is 0. The van der Waals surface area contributed by atoms with Crippen molar-refractivity contribution in [1.82, 2.24) is 0 Å². The first-order valence-electron chi connectivity index (χ1n) is 4.17. The summed E-state index contributed by atoms with van der Waals surface area (Å²) in [4.78, 5) is 10.1. The number of rotatable bonds is 5. The van der Waals surface area contributed by atoms with Crippen molar-refractivity contribution in [1.29, 1.82) is 0 Å². The van der Waals surface area contributed by atoms with E-state index in [1.165, 1.54) is 6.07 Å². The molecule has 0 spiro atoms. The molecule has 0 aliphatic rings. The summed E-state index contributed by atoms with van der Waals surface area (Å²) in [6.07, 6.45) is -0.747. The number of aliphatic hydroxyl groups is 1. The predicted molar refractivity (Wildman–Crippen MR) is 48.8 cm³/mol. The average Bonchev–Trinajstić information content (AvgIpc) is 2.26. The molecule has 0 radical (unpaired) electrons. The van der Waals surface area contributed by atoms with E-state index in [1.54, 1.807) is 18.2 Å². The molecule has 14 heavy (non-hydrogen) atoms. The molecule has 0 amide bonds. The maximum absolute atomic E-state index is 12.2. The lowest BCUT2D eigenvalue weighted by molar-refractivity contribution is -0.116. The van der Waals surface area contributed by atoms with Gasteiger partial charge in [-0.1, -0.05) is 12.1 Å². The van der Waals surface area contributed by atoms with Crippen LogP contribution < -0.4 is 4.74 Å². The van der Waals surface area contributed by atoms with E-state index in [0.29, 0.717) is 17.6 Å². The van der Waals surface area contributed by atoms with Crippen LogP contribution in [0, 0.1) is 0 Å². The van der Waals surface area contributed by atoms with Crippen LogP contribution in [0.3, 0.4) is 0 Å². The van der Waals surface area contributed by atoms with E-state index in [4.69, 9.17) is 9.84 Å². The molecule has 0 saturated carbocycles. The molecule has 3 nitrogen and oxygen atoms in total. The van der Waals surface area contributed by atoms with Gasteiger partial charge in [0.15, 0.2) is 6.29 Å². The molecule has 0 saturated heterocycles. The highest BCUT2D eigenvalue weighted by molar-refractivity contribution is 5.55. The summed E-state index contributed by atoms with van der Waals surface area (Å²) in [5.41, 5.74) is 0.503. The minimum absolute atomic E-state index is 0.112. The first-order valence-corrected chi connectivity index (χ1v) is 4.17. The molecule has 1 aromatic rings. The van der Waals surface area contributed by atoms with Gasteiger partial charge in [0, 0.05) is 0 Å². The summed E-state index contributed by atoms with van der Waals surface area (Å²) in [5, 5.41) is 8.88. The maximum atomic E-state index is 12.2. The molecule has 0 unspecified atom stereocenters. The van der Waals surface area contributed by atoms with Gasteiger partial charge in [-0.2, -0.15) is 0 Å². The average molecular weight is 198 g/mol. The van der Waals surface area contributed by atoms with Crippen LogP contribution >= 0.6 is 0 Å². The molecular weight excluding hydrogens is 187 g/mol. The van der Waals surface area contributed by atoms with Crippen molar-refractivity contribution in [2.24, 2.45) is 0 Å². The van der Waals surface area contributed by atoms with E-state index >= 15 is 0 Å². The third kappa shape index (κ3) is 3.14. The van der Waals surface area contributed by atoms with E-state index in [-0.39, 0.29) is 6.61 Å². The fourth-order valence-corrected chi connectivity index (χ4v) is 0.939. The van der Waals surface area contributed by atoms with Crippen LogP contribution in [-0.4, -0.2) is 24.1 Å². The Labute approximate surface area is 81.1 Å². The zero-order valence-electron chi connectivity index (χ0n) is 7.52. The topological polar surface area (TPSA) is 46.5 Å². The third-order valence-electron chi connectivity index (χ3n) is 1.63. The maximum Gasteiger partial charge on any atom is 0.151 e. The molecule has 1 atom stereocenters. The number of aliphatic hydroxyl groups excluding tert-OH is 1. The predicted octanol–water partition coefficient (Wildman–Crippen LogP) is 1.09. The Kier molecular flexibility index (Phi) is 4.07. The van der Waals surface area contributed by atoms with Crippen molar-refractivity contribution in [3.63, 3.8) is 0 Å². The van der Waals surface area contributed by atoms with Crippen LogP contribution in [0.25, 0.3) is 0 Å². The molecule has 1 rings (SSSR count). The summed E-state index contributed by atoms with van der Waals surface area (Å²) >= 11 is 0. The Morgan fingerprint density at radius 3 is 3.00 bits per heavy atom. The number of ether oxygens (including phenoxy) is 1. The van der Waals surface area contributed by atoms with Crippen molar-refractivity contribution < 1.29 is 19.0 Å². The van der Waals surface area contributed by atoms with Gasteiger partial charge in [-0.15, -0.1) is 0 Å². The first kappa shape index (κ1) is 10.7. The molecule has 76 valence electrons. The van der Waals surface area contributed by atoms with Crippen LogP contribution in [0.15, 0.2) is 24.3 Å². The standard InChI is InChI=1S/C10H11FO3/c11-5-8-2-1-3-10(4-8)14-7-9(13)6-12/h1-4,6,9,13H,5,7H2/t9-/m1/s1. The smallest absolute Gasteiger partial charge is 0.151 e. The van der Waals surface area contributed by atoms with Crippen molar-refractivity contribution in [3.8, 4) is 5.75 Å². The van der Waals surface area contributed by atoms with Gasteiger partial charge in [0.1, 0.15) is 25.1 Å². The Morgan fingerprint density at radius 1 is 1.57 bits per heavy atom. The highest BCUT2D eigenvalue weighted by Gasteiger charge is 2.02. The molecule has 0 aliphatic heterocycles. The molecule has 0 aromatic heterocycles. The molecule has 0 bridgehead atoms. The number of carbonyl (C=O) groups is 1. The van der Waals surface area contributed by atoms with E-state index in [0.717, 1.165) is 0 Å². The number of hydrogen-bond donors (Lipinski definition) is 1. The van der Waals surface area contributed by atoms with Crippen molar-refractivity contribution in [3.05, 3.63) is 29.8 Å². The van der Waals surface area contributed by atoms with Gasteiger partial charge < -0.3 is 14.6 Å². The zero-order chi connectivity index (χ0) is 10.4. The monoisotopic (exact) mass is 198 g/mol. The Morgan fingerprint density at radius 2 is 2.36 bits per heavy atom. The van der Waals surface area contributed by atoms with Gasteiger partial charge in [0.25, 0.3) is 0 Å². The third-order valence-corrected chi connectivity index (χ3v) is 1.63. The van der Waals surface area contributed by atoms with Gasteiger partial charge in [0.2, 0.25) is 0 Å². The molecular formula is C10H11FO3. The molecule has 0 fully saturated rings. The zero-order valence-corrected chi connectivity index (χ0v) is 7.52. The quantitative estimate of drug-likeness (QED) is 0.720.